The number of halogens is 7. The molecule has 1 aromatic heterocycles. The molecule has 3 amide bonds. The number of nitrogens with one attached hydrogen (secondary N) is 2. The van der Waals surface area contributed by atoms with Crippen LogP contribution in [0.4, 0.5) is 31.1 Å². The zero-order valence-corrected chi connectivity index (χ0v) is 17.4. The maximum Gasteiger partial charge on any atom is 0.434 e. The van der Waals surface area contributed by atoms with Crippen molar-refractivity contribution in [1.82, 2.24) is 20.5 Å². The molecular formula is C19H21ClF6N4O2. The maximum atomic E-state index is 13.3. The standard InChI is InChI=1S/C19H21ClF6N4O2/c20-12-5-6-13(28-16(12)19(24,25)26)15(10-1-3-11(4-2-10)18(21,22)23)29-17(32)30-8-7-27-14(31)9-30/h5-6,10-11,15H,1-4,7-9H2,(H,27,31)(H,29,32)/t10?,11?,15-/m0/s1. The molecule has 178 valence electrons. The Morgan fingerprint density at radius 1 is 1.16 bits per heavy atom. The summed E-state index contributed by atoms with van der Waals surface area (Å²) in [6, 6.07) is 0.455. The van der Waals surface area contributed by atoms with Crippen molar-refractivity contribution in [3.8, 4) is 0 Å². The lowest BCUT2D eigenvalue weighted by Gasteiger charge is -2.36. The highest BCUT2D eigenvalue weighted by Gasteiger charge is 2.44. The third-order valence-corrected chi connectivity index (χ3v) is 6.07. The van der Waals surface area contributed by atoms with Gasteiger partial charge in [-0.2, -0.15) is 26.3 Å². The molecule has 1 aliphatic carbocycles. The lowest BCUT2D eigenvalue weighted by Crippen LogP contribution is -2.54. The van der Waals surface area contributed by atoms with Gasteiger partial charge in [-0.25, -0.2) is 9.78 Å². The average molecular weight is 487 g/mol. The summed E-state index contributed by atoms with van der Waals surface area (Å²) in [4.78, 5) is 29.1. The number of carbonyl (C=O) groups excluding carboxylic acids is 2. The lowest BCUT2D eigenvalue weighted by atomic mass is 9.77. The van der Waals surface area contributed by atoms with E-state index >= 15 is 0 Å². The SMILES string of the molecule is O=C1CN(C(=O)N[C@H](c2ccc(Cl)c(C(F)(F)F)n2)C2CCC(C(F)(F)F)CC2)CCN1. The van der Waals surface area contributed by atoms with Gasteiger partial charge in [0.25, 0.3) is 0 Å². The fraction of sp³-hybridized carbons (Fsp3) is 0.632. The van der Waals surface area contributed by atoms with E-state index in [9.17, 15) is 35.9 Å². The summed E-state index contributed by atoms with van der Waals surface area (Å²) in [5.41, 5.74) is -1.48. The van der Waals surface area contributed by atoms with Crippen LogP contribution < -0.4 is 10.6 Å². The largest absolute Gasteiger partial charge is 0.434 e. The van der Waals surface area contributed by atoms with Crippen molar-refractivity contribution in [2.24, 2.45) is 11.8 Å². The van der Waals surface area contributed by atoms with E-state index in [-0.39, 0.29) is 51.0 Å². The highest BCUT2D eigenvalue weighted by Crippen LogP contribution is 2.43. The summed E-state index contributed by atoms with van der Waals surface area (Å²) in [6.07, 6.45) is -9.52. The second kappa shape index (κ2) is 9.32. The van der Waals surface area contributed by atoms with Crippen LogP contribution in [0.5, 0.6) is 0 Å². The van der Waals surface area contributed by atoms with E-state index in [1.807, 2.05) is 0 Å². The molecule has 0 bridgehead atoms. The van der Waals surface area contributed by atoms with Crippen molar-refractivity contribution < 1.29 is 35.9 Å². The second-order valence-electron chi connectivity index (χ2n) is 7.92. The third-order valence-electron chi connectivity index (χ3n) is 5.77. The molecule has 32 heavy (non-hydrogen) atoms. The molecule has 1 aliphatic heterocycles. The zero-order chi connectivity index (χ0) is 23.7. The molecular weight excluding hydrogens is 466 g/mol. The van der Waals surface area contributed by atoms with Crippen molar-refractivity contribution in [2.45, 2.75) is 44.1 Å². The quantitative estimate of drug-likeness (QED) is 0.625. The summed E-state index contributed by atoms with van der Waals surface area (Å²) >= 11 is 5.64. The number of alkyl halides is 6. The second-order valence-corrected chi connectivity index (χ2v) is 8.32. The summed E-state index contributed by atoms with van der Waals surface area (Å²) in [7, 11) is 0. The Hall–Kier alpha value is -2.24. The average Bonchev–Trinajstić information content (AvgIpc) is 2.71. The molecule has 0 unspecified atom stereocenters. The van der Waals surface area contributed by atoms with Gasteiger partial charge in [-0.05, 0) is 43.7 Å². The number of hydrogen-bond acceptors (Lipinski definition) is 3. The lowest BCUT2D eigenvalue weighted by molar-refractivity contribution is -0.184. The molecule has 1 atom stereocenters. The number of urea groups is 1. The first-order valence-electron chi connectivity index (χ1n) is 9.98. The topological polar surface area (TPSA) is 74.3 Å². The summed E-state index contributed by atoms with van der Waals surface area (Å²) in [6.45, 7) is 0.166. The third kappa shape index (κ3) is 5.76. The summed E-state index contributed by atoms with van der Waals surface area (Å²) in [5, 5.41) is 4.52. The van der Waals surface area contributed by atoms with E-state index < -0.39 is 52.9 Å². The van der Waals surface area contributed by atoms with E-state index in [4.69, 9.17) is 11.6 Å². The first-order valence-corrected chi connectivity index (χ1v) is 10.4. The molecule has 2 aliphatic rings. The zero-order valence-electron chi connectivity index (χ0n) is 16.7. The minimum atomic E-state index is -4.85. The molecule has 0 radical (unpaired) electrons. The minimum absolute atomic E-state index is 0.0429. The van der Waals surface area contributed by atoms with Gasteiger partial charge in [-0.1, -0.05) is 11.6 Å². The smallest absolute Gasteiger partial charge is 0.353 e. The van der Waals surface area contributed by atoms with Crippen molar-refractivity contribution in [3.05, 3.63) is 28.5 Å². The molecule has 0 spiro atoms. The van der Waals surface area contributed by atoms with Gasteiger partial charge in [0.2, 0.25) is 5.91 Å². The predicted molar refractivity (Wildman–Crippen MR) is 102 cm³/mol. The highest BCUT2D eigenvalue weighted by atomic mass is 35.5. The van der Waals surface area contributed by atoms with Gasteiger partial charge in [0.05, 0.1) is 22.7 Å². The number of carbonyl (C=O) groups is 2. The fourth-order valence-corrected chi connectivity index (χ4v) is 4.29. The van der Waals surface area contributed by atoms with E-state index in [0.29, 0.717) is 0 Å². The van der Waals surface area contributed by atoms with Gasteiger partial charge in [0.15, 0.2) is 5.69 Å². The Morgan fingerprint density at radius 3 is 2.38 bits per heavy atom. The van der Waals surface area contributed by atoms with Crippen LogP contribution >= 0.6 is 11.6 Å². The van der Waals surface area contributed by atoms with Crippen molar-refractivity contribution in [1.29, 1.82) is 0 Å². The van der Waals surface area contributed by atoms with E-state index in [1.165, 1.54) is 11.0 Å². The Morgan fingerprint density at radius 2 is 1.81 bits per heavy atom. The molecule has 2 N–H and O–H groups in total. The molecule has 1 saturated heterocycles. The Balaban J connectivity index is 1.86. The fourth-order valence-electron chi connectivity index (χ4n) is 4.08. The van der Waals surface area contributed by atoms with Crippen molar-refractivity contribution in [2.75, 3.05) is 19.6 Å². The number of piperazine rings is 1. The van der Waals surface area contributed by atoms with Crippen LogP contribution in [-0.4, -0.2) is 47.6 Å². The van der Waals surface area contributed by atoms with Crippen molar-refractivity contribution in [3.63, 3.8) is 0 Å². The van der Waals surface area contributed by atoms with Gasteiger partial charge in [0, 0.05) is 13.1 Å². The summed E-state index contributed by atoms with van der Waals surface area (Å²) in [5.74, 6) is -2.45. The van der Waals surface area contributed by atoms with Crippen LogP contribution in [0.3, 0.4) is 0 Å². The van der Waals surface area contributed by atoms with Gasteiger partial charge in [0.1, 0.15) is 6.54 Å². The van der Waals surface area contributed by atoms with Crippen LogP contribution in [0.25, 0.3) is 0 Å². The molecule has 1 aromatic rings. The number of hydrogen-bond donors (Lipinski definition) is 2. The molecule has 2 heterocycles. The van der Waals surface area contributed by atoms with Gasteiger partial charge in [-0.15, -0.1) is 0 Å². The van der Waals surface area contributed by atoms with Crippen LogP contribution in [0, 0.1) is 11.8 Å². The molecule has 0 aromatic carbocycles. The van der Waals surface area contributed by atoms with Gasteiger partial charge >= 0.3 is 18.4 Å². The Bertz CT molecular complexity index is 855. The minimum Gasteiger partial charge on any atom is -0.353 e. The predicted octanol–water partition coefficient (Wildman–Crippen LogP) is 4.31. The van der Waals surface area contributed by atoms with Gasteiger partial charge in [-0.3, -0.25) is 4.79 Å². The van der Waals surface area contributed by atoms with Crippen LogP contribution in [0.1, 0.15) is 43.1 Å². The molecule has 3 rings (SSSR count). The number of pyridine rings is 1. The first-order chi connectivity index (χ1) is 14.9. The van der Waals surface area contributed by atoms with Crippen molar-refractivity contribution >= 4 is 23.5 Å². The van der Waals surface area contributed by atoms with E-state index in [2.05, 4.69) is 15.6 Å². The maximum absolute atomic E-state index is 13.3. The molecule has 2 fully saturated rings. The van der Waals surface area contributed by atoms with Crippen LogP contribution in [-0.2, 0) is 11.0 Å². The number of nitrogens with zero attached hydrogens (tertiary/aromatic N) is 2. The first kappa shape index (κ1) is 24.4. The van der Waals surface area contributed by atoms with Crippen LogP contribution in [0.15, 0.2) is 12.1 Å². The van der Waals surface area contributed by atoms with E-state index in [1.54, 1.807) is 0 Å². The molecule has 13 heteroatoms. The highest BCUT2D eigenvalue weighted by molar-refractivity contribution is 6.31. The normalized spacial score (nSPS) is 23.5. The Kier molecular flexibility index (Phi) is 7.11. The number of amides is 3. The molecule has 6 nitrogen and oxygen atoms in total. The molecule has 1 saturated carbocycles. The number of rotatable bonds is 3. The summed E-state index contributed by atoms with van der Waals surface area (Å²) < 4.78 is 79.0. The monoisotopic (exact) mass is 486 g/mol. The van der Waals surface area contributed by atoms with Crippen LogP contribution in [0.2, 0.25) is 5.02 Å². The van der Waals surface area contributed by atoms with E-state index in [0.717, 1.165) is 6.07 Å². The number of aromatic nitrogens is 1. The Labute approximate surface area is 184 Å². The van der Waals surface area contributed by atoms with Gasteiger partial charge < -0.3 is 15.5 Å².